The van der Waals surface area contributed by atoms with Crippen molar-refractivity contribution >= 4 is 11.9 Å². The Bertz CT molecular complexity index is 407. The summed E-state index contributed by atoms with van der Waals surface area (Å²) in [4.78, 5) is 22.2. The first-order chi connectivity index (χ1) is 7.60. The molecule has 84 valence electrons. The molecule has 0 bridgehead atoms. The maximum Gasteiger partial charge on any atom is 0.336 e. The molecule has 16 heavy (non-hydrogen) atoms. The fraction of sp³-hybridized carbons (Fsp3) is 0.0909. The van der Waals surface area contributed by atoms with Crippen molar-refractivity contribution in [2.24, 2.45) is 0 Å². The van der Waals surface area contributed by atoms with Crippen LogP contribution in [-0.2, 0) is 9.59 Å². The summed E-state index contributed by atoms with van der Waals surface area (Å²) < 4.78 is 0. The molecule has 5 heteroatoms. The van der Waals surface area contributed by atoms with Crippen LogP contribution >= 0.6 is 0 Å². The van der Waals surface area contributed by atoms with Crippen molar-refractivity contribution in [3.63, 3.8) is 0 Å². The number of carboxylic acid groups (broad SMARTS) is 1. The summed E-state index contributed by atoms with van der Waals surface area (Å²) in [6.07, 6.45) is 6.13. The number of carbonyl (C=O) groups is 2. The number of carboxylic acids is 1. The molecule has 5 nitrogen and oxygen atoms in total. The van der Waals surface area contributed by atoms with Crippen LogP contribution < -0.4 is 10.6 Å². The Hall–Kier alpha value is -2.30. The molecular formula is C11H12N2O3. The van der Waals surface area contributed by atoms with E-state index >= 15 is 0 Å². The molecule has 1 unspecified atom stereocenters. The molecule has 0 spiro atoms. The number of carbonyl (C=O) groups excluding carboxylic acids is 1. The summed E-state index contributed by atoms with van der Waals surface area (Å²) in [5.74, 6) is -1.84. The van der Waals surface area contributed by atoms with Crippen molar-refractivity contribution in [2.75, 3.05) is 0 Å². The lowest BCUT2D eigenvalue weighted by molar-refractivity contribution is -0.143. The van der Waals surface area contributed by atoms with E-state index in [4.69, 9.17) is 5.11 Å². The average Bonchev–Trinajstić information content (AvgIpc) is 2.22. The van der Waals surface area contributed by atoms with Crippen LogP contribution in [0.25, 0.3) is 0 Å². The molecule has 1 amide bonds. The second-order valence-electron chi connectivity index (χ2n) is 3.04. The minimum absolute atomic E-state index is 0.470. The van der Waals surface area contributed by atoms with Crippen LogP contribution in [0.1, 0.15) is 0 Å². The molecular weight excluding hydrogens is 208 g/mol. The van der Waals surface area contributed by atoms with Gasteiger partial charge >= 0.3 is 5.97 Å². The van der Waals surface area contributed by atoms with Crippen LogP contribution in [0.4, 0.5) is 0 Å². The van der Waals surface area contributed by atoms with E-state index in [2.05, 4.69) is 23.8 Å². The Balaban J connectivity index is 3.04. The molecule has 0 radical (unpaired) electrons. The molecule has 0 aliphatic carbocycles. The van der Waals surface area contributed by atoms with E-state index in [0.29, 0.717) is 11.4 Å². The predicted octanol–water partition coefficient (Wildman–Crippen LogP) is 0.299. The lowest BCUT2D eigenvalue weighted by Crippen LogP contribution is -2.54. The largest absolute Gasteiger partial charge is 0.479 e. The van der Waals surface area contributed by atoms with E-state index in [-0.39, 0.29) is 0 Å². The third-order valence-corrected chi connectivity index (χ3v) is 1.93. The zero-order valence-corrected chi connectivity index (χ0v) is 8.56. The zero-order valence-electron chi connectivity index (χ0n) is 8.56. The van der Waals surface area contributed by atoms with Crippen LogP contribution in [0.3, 0.4) is 0 Å². The van der Waals surface area contributed by atoms with Gasteiger partial charge in [0.05, 0.1) is 11.4 Å². The van der Waals surface area contributed by atoms with Crippen molar-refractivity contribution in [3.05, 3.63) is 48.9 Å². The first kappa shape index (κ1) is 11.8. The van der Waals surface area contributed by atoms with Gasteiger partial charge in [0.25, 0.3) is 5.91 Å². The highest BCUT2D eigenvalue weighted by Gasteiger charge is 2.32. The molecule has 3 N–H and O–H groups in total. The van der Waals surface area contributed by atoms with Crippen LogP contribution in [-0.4, -0.2) is 23.0 Å². The Kier molecular flexibility index (Phi) is 3.66. The van der Waals surface area contributed by atoms with Crippen LogP contribution in [0.5, 0.6) is 0 Å². The number of rotatable bonds is 3. The van der Waals surface area contributed by atoms with Gasteiger partial charge in [-0.1, -0.05) is 25.3 Å². The third kappa shape index (κ3) is 2.38. The number of aliphatic carboxylic acids is 1. The van der Waals surface area contributed by atoms with Gasteiger partial charge in [0.1, 0.15) is 0 Å². The van der Waals surface area contributed by atoms with E-state index in [1.165, 1.54) is 12.2 Å². The van der Waals surface area contributed by atoms with Gasteiger partial charge in [0, 0.05) is 0 Å². The van der Waals surface area contributed by atoms with Gasteiger partial charge in [0.15, 0.2) is 0 Å². The van der Waals surface area contributed by atoms with Gasteiger partial charge in [-0.2, -0.15) is 0 Å². The number of piperazine rings is 1. The van der Waals surface area contributed by atoms with Crippen molar-refractivity contribution in [1.29, 1.82) is 0 Å². The molecule has 1 rings (SSSR count). The van der Waals surface area contributed by atoms with Gasteiger partial charge in [-0.3, -0.25) is 4.79 Å². The molecule has 1 fully saturated rings. The second-order valence-corrected chi connectivity index (χ2v) is 3.04. The first-order valence-electron chi connectivity index (χ1n) is 4.56. The van der Waals surface area contributed by atoms with Gasteiger partial charge in [-0.25, -0.2) is 4.79 Å². The standard InChI is InChI=1S/C11H12N2O3/c1-3-5-7-8(6-4-2)13-10(14)9(12-7)11(15)16/h3-6,9,12H,1-2H2,(H,13,14)(H,15,16)/b7-5+,8-6+. The van der Waals surface area contributed by atoms with Gasteiger partial charge in [0.2, 0.25) is 6.04 Å². The summed E-state index contributed by atoms with van der Waals surface area (Å²) >= 11 is 0. The fourth-order valence-corrected chi connectivity index (χ4v) is 1.25. The molecule has 1 aliphatic heterocycles. The van der Waals surface area contributed by atoms with Gasteiger partial charge < -0.3 is 15.7 Å². The Morgan fingerprint density at radius 1 is 1.25 bits per heavy atom. The smallest absolute Gasteiger partial charge is 0.336 e. The number of nitrogens with one attached hydrogen (secondary N) is 2. The highest BCUT2D eigenvalue weighted by atomic mass is 16.4. The normalized spacial score (nSPS) is 24.8. The minimum Gasteiger partial charge on any atom is -0.479 e. The molecule has 1 aliphatic rings. The van der Waals surface area contributed by atoms with Crippen molar-refractivity contribution in [3.8, 4) is 0 Å². The van der Waals surface area contributed by atoms with E-state index in [1.807, 2.05) is 0 Å². The molecule has 0 saturated carbocycles. The van der Waals surface area contributed by atoms with Crippen LogP contribution in [0, 0.1) is 0 Å². The molecule has 0 aromatic rings. The summed E-state index contributed by atoms with van der Waals surface area (Å²) in [7, 11) is 0. The Labute approximate surface area is 92.8 Å². The van der Waals surface area contributed by atoms with Crippen molar-refractivity contribution in [2.45, 2.75) is 6.04 Å². The second kappa shape index (κ2) is 4.97. The predicted molar refractivity (Wildman–Crippen MR) is 59.3 cm³/mol. The van der Waals surface area contributed by atoms with Crippen LogP contribution in [0.15, 0.2) is 48.9 Å². The summed E-state index contributed by atoms with van der Waals surface area (Å²) in [6.45, 7) is 7.01. The quantitative estimate of drug-likeness (QED) is 0.598. The molecule has 1 saturated heterocycles. The van der Waals surface area contributed by atoms with Gasteiger partial charge in [-0.05, 0) is 12.2 Å². The first-order valence-corrected chi connectivity index (χ1v) is 4.56. The SMILES string of the molecule is C=C/C=C1/NC(=O)C(C(=O)O)N/C1=C/C=C. The highest BCUT2D eigenvalue weighted by Crippen LogP contribution is 2.11. The maximum absolute atomic E-state index is 11.4. The van der Waals surface area contributed by atoms with Crippen molar-refractivity contribution in [1.82, 2.24) is 10.6 Å². The fourth-order valence-electron chi connectivity index (χ4n) is 1.25. The summed E-state index contributed by atoms with van der Waals surface area (Å²) in [5, 5.41) is 13.9. The lowest BCUT2D eigenvalue weighted by Gasteiger charge is -2.26. The summed E-state index contributed by atoms with van der Waals surface area (Å²) in [5.41, 5.74) is 0.958. The van der Waals surface area contributed by atoms with E-state index in [9.17, 15) is 9.59 Å². The van der Waals surface area contributed by atoms with E-state index < -0.39 is 17.9 Å². The van der Waals surface area contributed by atoms with E-state index in [1.54, 1.807) is 12.2 Å². The lowest BCUT2D eigenvalue weighted by atomic mass is 10.1. The van der Waals surface area contributed by atoms with Crippen LogP contribution in [0.2, 0.25) is 0 Å². The monoisotopic (exact) mass is 220 g/mol. The number of allylic oxidation sites excluding steroid dienone is 4. The topological polar surface area (TPSA) is 78.4 Å². The van der Waals surface area contributed by atoms with E-state index in [0.717, 1.165) is 0 Å². The summed E-state index contributed by atoms with van der Waals surface area (Å²) in [6, 6.07) is -1.28. The Morgan fingerprint density at radius 3 is 2.31 bits per heavy atom. The molecule has 0 aromatic carbocycles. The molecule has 0 aromatic heterocycles. The molecule has 1 atom stereocenters. The Morgan fingerprint density at radius 2 is 1.81 bits per heavy atom. The average molecular weight is 220 g/mol. The van der Waals surface area contributed by atoms with Gasteiger partial charge in [-0.15, -0.1) is 0 Å². The number of hydrogen-bond acceptors (Lipinski definition) is 3. The number of hydrogen-bond donors (Lipinski definition) is 3. The zero-order chi connectivity index (χ0) is 12.1. The number of amides is 1. The third-order valence-electron chi connectivity index (χ3n) is 1.93. The minimum atomic E-state index is -1.28. The highest BCUT2D eigenvalue weighted by molar-refractivity contribution is 6.03. The van der Waals surface area contributed by atoms with Crippen molar-refractivity contribution < 1.29 is 14.7 Å². The maximum atomic E-state index is 11.4. The molecule has 1 heterocycles.